The lowest BCUT2D eigenvalue weighted by Crippen LogP contribution is -2.30. The Balaban J connectivity index is 2.09. The number of hydrogen-bond donors (Lipinski definition) is 2. The van der Waals surface area contributed by atoms with Crippen LogP contribution in [0.25, 0.3) is 0 Å². The van der Waals surface area contributed by atoms with Crippen LogP contribution in [0.2, 0.25) is 5.02 Å². The summed E-state index contributed by atoms with van der Waals surface area (Å²) in [6.45, 7) is 1.47. The number of sulfonamides is 1. The van der Waals surface area contributed by atoms with Crippen molar-refractivity contribution in [3.63, 3.8) is 0 Å². The number of nitrogens with one attached hydrogen (secondary N) is 1. The molecule has 2 rings (SSSR count). The predicted octanol–water partition coefficient (Wildman–Crippen LogP) is 2.53. The molecular weight excluding hydrogens is 359 g/mol. The van der Waals surface area contributed by atoms with E-state index in [0.29, 0.717) is 0 Å². The van der Waals surface area contributed by atoms with Gasteiger partial charge in [-0.05, 0) is 43.3 Å². The van der Waals surface area contributed by atoms with Crippen LogP contribution in [0.15, 0.2) is 47.4 Å². The summed E-state index contributed by atoms with van der Waals surface area (Å²) >= 11 is 5.83. The van der Waals surface area contributed by atoms with Crippen molar-refractivity contribution in [3.8, 4) is 5.75 Å². The van der Waals surface area contributed by atoms with Crippen LogP contribution in [0, 0.1) is 5.82 Å². The second-order valence-electron chi connectivity index (χ2n) is 4.90. The van der Waals surface area contributed by atoms with Crippen LogP contribution in [0.4, 0.5) is 10.1 Å². The standard InChI is InChI=1S/C15H14ClFN2O4S/c1-9(23-14-6-5-10(17)7-13(14)16)15(20)19-11-3-2-4-12(8-11)24(18,21)22/h2-9H,1H3,(H,19,20)(H2,18,21,22). The highest BCUT2D eigenvalue weighted by molar-refractivity contribution is 7.89. The zero-order valence-corrected chi connectivity index (χ0v) is 14.1. The van der Waals surface area contributed by atoms with Gasteiger partial charge in [0.25, 0.3) is 5.91 Å². The summed E-state index contributed by atoms with van der Waals surface area (Å²) in [7, 11) is -3.88. The molecule has 24 heavy (non-hydrogen) atoms. The summed E-state index contributed by atoms with van der Waals surface area (Å²) in [6, 6.07) is 9.01. The molecule has 6 nitrogen and oxygen atoms in total. The van der Waals surface area contributed by atoms with Gasteiger partial charge in [-0.15, -0.1) is 0 Å². The SMILES string of the molecule is CC(Oc1ccc(F)cc1Cl)C(=O)Nc1cccc(S(N)(=O)=O)c1. The quantitative estimate of drug-likeness (QED) is 0.842. The molecular formula is C15H14ClFN2O4S. The second kappa shape index (κ2) is 7.16. The lowest BCUT2D eigenvalue weighted by atomic mass is 10.3. The number of halogens is 2. The van der Waals surface area contributed by atoms with E-state index in [4.69, 9.17) is 21.5 Å². The average molecular weight is 373 g/mol. The summed E-state index contributed by atoms with van der Waals surface area (Å²) in [5, 5.41) is 7.57. The van der Waals surface area contributed by atoms with Crippen LogP contribution in [0.3, 0.4) is 0 Å². The summed E-state index contributed by atoms with van der Waals surface area (Å²) in [6.07, 6.45) is -0.953. The smallest absolute Gasteiger partial charge is 0.265 e. The molecule has 0 heterocycles. The van der Waals surface area contributed by atoms with E-state index in [2.05, 4.69) is 5.32 Å². The maximum Gasteiger partial charge on any atom is 0.265 e. The van der Waals surface area contributed by atoms with Crippen molar-refractivity contribution < 1.29 is 22.3 Å². The van der Waals surface area contributed by atoms with E-state index in [1.807, 2.05) is 0 Å². The van der Waals surface area contributed by atoms with E-state index in [1.54, 1.807) is 0 Å². The van der Waals surface area contributed by atoms with E-state index in [1.165, 1.54) is 37.3 Å². The number of benzene rings is 2. The summed E-state index contributed by atoms with van der Waals surface area (Å²) in [5.74, 6) is -0.912. The maximum atomic E-state index is 13.0. The normalized spacial score (nSPS) is 12.5. The van der Waals surface area contributed by atoms with Crippen molar-refractivity contribution in [1.29, 1.82) is 0 Å². The number of anilines is 1. The first-order chi connectivity index (χ1) is 11.2. The molecule has 3 N–H and O–H groups in total. The predicted molar refractivity (Wildman–Crippen MR) is 87.9 cm³/mol. The number of primary sulfonamides is 1. The van der Waals surface area contributed by atoms with Crippen LogP contribution < -0.4 is 15.2 Å². The Bertz CT molecular complexity index is 874. The zero-order valence-electron chi connectivity index (χ0n) is 12.5. The second-order valence-corrected chi connectivity index (χ2v) is 6.87. The molecule has 0 aliphatic carbocycles. The van der Waals surface area contributed by atoms with Gasteiger partial charge >= 0.3 is 0 Å². The zero-order chi connectivity index (χ0) is 17.9. The fourth-order valence-electron chi connectivity index (χ4n) is 1.81. The molecule has 2 aromatic rings. The third-order valence-electron chi connectivity index (χ3n) is 3.00. The van der Waals surface area contributed by atoms with Gasteiger partial charge in [-0.25, -0.2) is 17.9 Å². The highest BCUT2D eigenvalue weighted by Crippen LogP contribution is 2.26. The van der Waals surface area contributed by atoms with E-state index < -0.39 is 27.9 Å². The Morgan fingerprint density at radius 2 is 2.00 bits per heavy atom. The highest BCUT2D eigenvalue weighted by Gasteiger charge is 2.17. The van der Waals surface area contributed by atoms with Gasteiger partial charge < -0.3 is 10.1 Å². The van der Waals surface area contributed by atoms with Crippen molar-refractivity contribution >= 4 is 33.2 Å². The van der Waals surface area contributed by atoms with Crippen molar-refractivity contribution in [2.24, 2.45) is 5.14 Å². The Kier molecular flexibility index (Phi) is 5.43. The summed E-state index contributed by atoms with van der Waals surface area (Å²) in [5.41, 5.74) is 0.243. The Labute approximate surface area is 143 Å². The van der Waals surface area contributed by atoms with Gasteiger partial charge in [0.2, 0.25) is 10.0 Å². The van der Waals surface area contributed by atoms with Crippen LogP contribution in [-0.4, -0.2) is 20.4 Å². The van der Waals surface area contributed by atoms with Gasteiger partial charge in [-0.1, -0.05) is 17.7 Å². The molecule has 0 aromatic heterocycles. The molecule has 0 fully saturated rings. The largest absolute Gasteiger partial charge is 0.479 e. The number of amides is 1. The molecule has 0 aliphatic rings. The molecule has 0 saturated heterocycles. The Morgan fingerprint density at radius 3 is 2.62 bits per heavy atom. The van der Waals surface area contributed by atoms with Gasteiger partial charge in [-0.2, -0.15) is 0 Å². The van der Waals surface area contributed by atoms with Gasteiger partial charge in [0.1, 0.15) is 11.6 Å². The summed E-state index contributed by atoms with van der Waals surface area (Å²) in [4.78, 5) is 12.0. The third kappa shape index (κ3) is 4.67. The molecule has 0 bridgehead atoms. The van der Waals surface area contributed by atoms with E-state index in [-0.39, 0.29) is 21.4 Å². The molecule has 0 radical (unpaired) electrons. The van der Waals surface area contributed by atoms with Gasteiger partial charge in [0.05, 0.1) is 9.92 Å². The minimum Gasteiger partial charge on any atom is -0.479 e. The lowest BCUT2D eigenvalue weighted by Gasteiger charge is -2.16. The number of carbonyl (C=O) groups is 1. The molecule has 128 valence electrons. The van der Waals surface area contributed by atoms with Crippen molar-refractivity contribution in [2.45, 2.75) is 17.9 Å². The molecule has 2 aromatic carbocycles. The number of rotatable bonds is 5. The third-order valence-corrected chi connectivity index (χ3v) is 4.20. The van der Waals surface area contributed by atoms with Crippen molar-refractivity contribution in [3.05, 3.63) is 53.3 Å². The van der Waals surface area contributed by atoms with Gasteiger partial charge in [0.15, 0.2) is 6.10 Å². The first-order valence-electron chi connectivity index (χ1n) is 6.72. The minimum atomic E-state index is -3.88. The number of ether oxygens (including phenoxy) is 1. The average Bonchev–Trinajstić information content (AvgIpc) is 2.49. The topological polar surface area (TPSA) is 98.5 Å². The first-order valence-corrected chi connectivity index (χ1v) is 8.64. The Hall–Kier alpha value is -2.16. The van der Waals surface area contributed by atoms with E-state index in [0.717, 1.165) is 12.1 Å². The van der Waals surface area contributed by atoms with Crippen LogP contribution in [0.1, 0.15) is 6.92 Å². The van der Waals surface area contributed by atoms with E-state index in [9.17, 15) is 17.6 Å². The van der Waals surface area contributed by atoms with Gasteiger partial charge in [0, 0.05) is 5.69 Å². The minimum absolute atomic E-state index is 0.0332. The molecule has 0 saturated carbocycles. The Morgan fingerprint density at radius 1 is 1.29 bits per heavy atom. The van der Waals surface area contributed by atoms with Gasteiger partial charge in [-0.3, -0.25) is 4.79 Å². The maximum absolute atomic E-state index is 13.0. The van der Waals surface area contributed by atoms with Crippen LogP contribution in [-0.2, 0) is 14.8 Å². The van der Waals surface area contributed by atoms with Crippen molar-refractivity contribution in [1.82, 2.24) is 0 Å². The monoisotopic (exact) mass is 372 g/mol. The molecule has 1 amide bonds. The molecule has 1 unspecified atom stereocenters. The van der Waals surface area contributed by atoms with E-state index >= 15 is 0 Å². The lowest BCUT2D eigenvalue weighted by molar-refractivity contribution is -0.122. The molecule has 9 heteroatoms. The number of nitrogens with two attached hydrogens (primary N) is 1. The number of hydrogen-bond acceptors (Lipinski definition) is 4. The van der Waals surface area contributed by atoms with Crippen molar-refractivity contribution in [2.75, 3.05) is 5.32 Å². The fourth-order valence-corrected chi connectivity index (χ4v) is 2.58. The highest BCUT2D eigenvalue weighted by atomic mass is 35.5. The summed E-state index contributed by atoms with van der Waals surface area (Å²) < 4.78 is 41.0. The number of carbonyl (C=O) groups excluding carboxylic acids is 1. The first kappa shape index (κ1) is 18.2. The molecule has 1 atom stereocenters. The van der Waals surface area contributed by atoms with Crippen LogP contribution >= 0.6 is 11.6 Å². The molecule has 0 aliphatic heterocycles. The fraction of sp³-hybridized carbons (Fsp3) is 0.133. The molecule has 0 spiro atoms. The van der Waals surface area contributed by atoms with Crippen LogP contribution in [0.5, 0.6) is 5.75 Å².